The molecule has 4 heteroatoms. The van der Waals surface area contributed by atoms with Crippen molar-refractivity contribution in [2.75, 3.05) is 13.2 Å². The van der Waals surface area contributed by atoms with Gasteiger partial charge in [-0.3, -0.25) is 0 Å². The number of rotatable bonds is 6. The minimum absolute atomic E-state index is 0.0184. The molecule has 4 nitrogen and oxygen atoms in total. The Kier molecular flexibility index (Phi) is 4.23. The minimum Gasteiger partial charge on any atom is -0.491 e. The molecule has 0 spiro atoms. The number of ether oxygens (including phenoxy) is 2. The fraction of sp³-hybridized carbons (Fsp3) is 0.429. The number of benzene rings is 1. The molecule has 0 aliphatic heterocycles. The Balaban J connectivity index is 1.98. The summed E-state index contributed by atoms with van der Waals surface area (Å²) in [5, 5.41) is 10.0. The van der Waals surface area contributed by atoms with Crippen LogP contribution in [0.3, 0.4) is 0 Å². The summed E-state index contributed by atoms with van der Waals surface area (Å²) in [4.78, 5) is 0. The second kappa shape index (κ2) is 5.89. The van der Waals surface area contributed by atoms with Gasteiger partial charge in [0, 0.05) is 17.0 Å². The SMILES string of the molecule is CC(C)OCCOc1ccc2c(CO)coc2c1. The molecule has 0 radical (unpaired) electrons. The van der Waals surface area contributed by atoms with Gasteiger partial charge >= 0.3 is 0 Å². The van der Waals surface area contributed by atoms with Gasteiger partial charge in [0.15, 0.2) is 0 Å². The van der Waals surface area contributed by atoms with Crippen LogP contribution in [0, 0.1) is 0 Å². The molecule has 1 aromatic carbocycles. The Morgan fingerprint density at radius 1 is 1.28 bits per heavy atom. The predicted molar refractivity (Wildman–Crippen MR) is 68.7 cm³/mol. The average molecular weight is 250 g/mol. The van der Waals surface area contributed by atoms with Gasteiger partial charge in [-0.05, 0) is 26.0 Å². The number of hydrogen-bond donors (Lipinski definition) is 1. The number of aliphatic hydroxyl groups is 1. The Morgan fingerprint density at radius 3 is 2.83 bits per heavy atom. The van der Waals surface area contributed by atoms with Gasteiger partial charge in [0.25, 0.3) is 0 Å². The molecule has 0 amide bonds. The standard InChI is InChI=1S/C14H18O4/c1-10(2)16-5-6-17-12-3-4-13-11(8-15)9-18-14(13)7-12/h3-4,7,9-10,15H,5-6,8H2,1-2H3. The van der Waals surface area contributed by atoms with Crippen LogP contribution in [0.25, 0.3) is 11.0 Å². The third kappa shape index (κ3) is 3.03. The van der Waals surface area contributed by atoms with Crippen molar-refractivity contribution in [2.24, 2.45) is 0 Å². The fourth-order valence-electron chi connectivity index (χ4n) is 1.72. The van der Waals surface area contributed by atoms with Crippen molar-refractivity contribution in [3.05, 3.63) is 30.0 Å². The Hall–Kier alpha value is -1.52. The molecule has 0 atom stereocenters. The van der Waals surface area contributed by atoms with Crippen molar-refractivity contribution in [3.63, 3.8) is 0 Å². The lowest BCUT2D eigenvalue weighted by atomic mass is 10.2. The lowest BCUT2D eigenvalue weighted by Gasteiger charge is -2.09. The molecular formula is C14H18O4. The van der Waals surface area contributed by atoms with Gasteiger partial charge in [0.1, 0.15) is 17.9 Å². The first-order valence-corrected chi connectivity index (χ1v) is 6.06. The maximum Gasteiger partial charge on any atom is 0.137 e. The number of aliphatic hydroxyl groups excluding tert-OH is 1. The highest BCUT2D eigenvalue weighted by Gasteiger charge is 2.06. The number of furan rings is 1. The van der Waals surface area contributed by atoms with Gasteiger partial charge in [-0.25, -0.2) is 0 Å². The molecule has 1 aromatic heterocycles. The van der Waals surface area contributed by atoms with Crippen LogP contribution in [-0.4, -0.2) is 24.4 Å². The molecule has 0 saturated heterocycles. The Labute approximate surface area is 106 Å². The smallest absolute Gasteiger partial charge is 0.137 e. The number of fused-ring (bicyclic) bond motifs is 1. The van der Waals surface area contributed by atoms with Crippen LogP contribution in [0.1, 0.15) is 19.4 Å². The molecule has 0 unspecified atom stereocenters. The van der Waals surface area contributed by atoms with Crippen molar-refractivity contribution < 1.29 is 19.0 Å². The van der Waals surface area contributed by atoms with Crippen LogP contribution >= 0.6 is 0 Å². The van der Waals surface area contributed by atoms with E-state index in [4.69, 9.17) is 19.0 Å². The zero-order valence-electron chi connectivity index (χ0n) is 10.7. The third-order valence-electron chi connectivity index (χ3n) is 2.60. The van der Waals surface area contributed by atoms with Gasteiger partial charge < -0.3 is 19.0 Å². The summed E-state index contributed by atoms with van der Waals surface area (Å²) in [5.74, 6) is 0.744. The van der Waals surface area contributed by atoms with E-state index in [1.165, 1.54) is 0 Å². The Morgan fingerprint density at radius 2 is 2.11 bits per heavy atom. The monoisotopic (exact) mass is 250 g/mol. The fourth-order valence-corrected chi connectivity index (χ4v) is 1.72. The maximum atomic E-state index is 9.11. The summed E-state index contributed by atoms with van der Waals surface area (Å²) in [6.45, 7) is 5.04. The van der Waals surface area contributed by atoms with Crippen molar-refractivity contribution in [2.45, 2.75) is 26.6 Å². The maximum absolute atomic E-state index is 9.11. The van der Waals surface area contributed by atoms with E-state index in [2.05, 4.69) is 0 Å². The summed E-state index contributed by atoms with van der Waals surface area (Å²) >= 11 is 0. The van der Waals surface area contributed by atoms with Crippen molar-refractivity contribution in [1.82, 2.24) is 0 Å². The summed E-state index contributed by atoms with van der Waals surface area (Å²) in [5.41, 5.74) is 1.51. The largest absolute Gasteiger partial charge is 0.491 e. The van der Waals surface area contributed by atoms with E-state index < -0.39 is 0 Å². The van der Waals surface area contributed by atoms with Crippen LogP contribution in [0.2, 0.25) is 0 Å². The van der Waals surface area contributed by atoms with E-state index in [9.17, 15) is 0 Å². The summed E-state index contributed by atoms with van der Waals surface area (Å²) in [7, 11) is 0. The molecule has 98 valence electrons. The predicted octanol–water partition coefficient (Wildman–Crippen LogP) is 2.73. The molecule has 2 rings (SSSR count). The van der Waals surface area contributed by atoms with Crippen molar-refractivity contribution >= 4 is 11.0 Å². The van der Waals surface area contributed by atoms with Crippen LogP contribution < -0.4 is 4.74 Å². The van der Waals surface area contributed by atoms with E-state index in [0.717, 1.165) is 22.3 Å². The molecule has 0 aliphatic carbocycles. The highest BCUT2D eigenvalue weighted by Crippen LogP contribution is 2.25. The molecule has 0 aliphatic rings. The second-order valence-corrected chi connectivity index (χ2v) is 4.35. The molecule has 2 aromatic rings. The molecule has 0 fully saturated rings. The second-order valence-electron chi connectivity index (χ2n) is 4.35. The van der Waals surface area contributed by atoms with Gasteiger partial charge in [0.2, 0.25) is 0 Å². The van der Waals surface area contributed by atoms with E-state index in [1.54, 1.807) is 6.26 Å². The summed E-state index contributed by atoms with van der Waals surface area (Å²) < 4.78 is 16.3. The van der Waals surface area contributed by atoms with Gasteiger partial charge in [-0.1, -0.05) is 0 Å². The quantitative estimate of drug-likeness (QED) is 0.801. The van der Waals surface area contributed by atoms with Gasteiger partial charge in [-0.2, -0.15) is 0 Å². The van der Waals surface area contributed by atoms with E-state index >= 15 is 0 Å². The zero-order valence-corrected chi connectivity index (χ0v) is 10.7. The van der Waals surface area contributed by atoms with Crippen LogP contribution in [0.4, 0.5) is 0 Å². The molecule has 0 saturated carbocycles. The molecular weight excluding hydrogens is 232 g/mol. The molecule has 18 heavy (non-hydrogen) atoms. The lowest BCUT2D eigenvalue weighted by molar-refractivity contribution is 0.0553. The van der Waals surface area contributed by atoms with Crippen LogP contribution in [0.5, 0.6) is 5.75 Å². The van der Waals surface area contributed by atoms with Crippen LogP contribution in [-0.2, 0) is 11.3 Å². The average Bonchev–Trinajstić information content (AvgIpc) is 2.76. The van der Waals surface area contributed by atoms with E-state index in [0.29, 0.717) is 13.2 Å². The lowest BCUT2D eigenvalue weighted by Crippen LogP contribution is -2.11. The summed E-state index contributed by atoms with van der Waals surface area (Å²) in [6, 6.07) is 5.58. The first kappa shape index (κ1) is 12.9. The third-order valence-corrected chi connectivity index (χ3v) is 2.60. The summed E-state index contributed by atoms with van der Waals surface area (Å²) in [6.07, 6.45) is 1.78. The zero-order chi connectivity index (χ0) is 13.0. The van der Waals surface area contributed by atoms with Crippen LogP contribution in [0.15, 0.2) is 28.9 Å². The van der Waals surface area contributed by atoms with Crippen molar-refractivity contribution in [1.29, 1.82) is 0 Å². The minimum atomic E-state index is -0.0184. The normalized spacial score (nSPS) is 11.3. The molecule has 1 heterocycles. The Bertz CT molecular complexity index is 501. The molecule has 0 bridgehead atoms. The highest BCUT2D eigenvalue weighted by atomic mass is 16.5. The molecule has 1 N–H and O–H groups in total. The number of hydrogen-bond acceptors (Lipinski definition) is 4. The first-order valence-electron chi connectivity index (χ1n) is 6.06. The van der Waals surface area contributed by atoms with Gasteiger partial charge in [-0.15, -0.1) is 0 Å². The van der Waals surface area contributed by atoms with Gasteiger partial charge in [0.05, 0.1) is 25.6 Å². The first-order chi connectivity index (χ1) is 8.70. The topological polar surface area (TPSA) is 51.8 Å². The van der Waals surface area contributed by atoms with E-state index in [1.807, 2.05) is 32.0 Å². The van der Waals surface area contributed by atoms with Crippen molar-refractivity contribution in [3.8, 4) is 5.75 Å². The highest BCUT2D eigenvalue weighted by molar-refractivity contribution is 5.82. The van der Waals surface area contributed by atoms with E-state index in [-0.39, 0.29) is 12.7 Å².